The Balaban J connectivity index is 1.71. The summed E-state index contributed by atoms with van der Waals surface area (Å²) in [4.78, 5) is 12.4. The van der Waals surface area contributed by atoms with Crippen molar-refractivity contribution < 1.29 is 9.53 Å². The van der Waals surface area contributed by atoms with Gasteiger partial charge in [0.1, 0.15) is 12.4 Å². The summed E-state index contributed by atoms with van der Waals surface area (Å²) in [5, 5.41) is 3.95. The molecule has 6 heteroatoms. The maximum absolute atomic E-state index is 12.4. The second-order valence-corrected chi connectivity index (χ2v) is 7.03. The molecule has 0 aromatic heterocycles. The minimum atomic E-state index is -0.323. The standard InChI is InChI=1S/C21H16Cl3NO2/c22-16-9-10-19(27-13-14-5-2-1-3-6-14)15(11-16)12-25-21(26)17-7-4-8-18(23)20(17)24/h1-11H,12-13H2,(H,25,26). The van der Waals surface area contributed by atoms with Crippen molar-refractivity contribution in [2.75, 3.05) is 0 Å². The van der Waals surface area contributed by atoms with Crippen LogP contribution in [0.25, 0.3) is 0 Å². The quantitative estimate of drug-likeness (QED) is 0.519. The monoisotopic (exact) mass is 419 g/mol. The Morgan fingerprint density at radius 2 is 1.70 bits per heavy atom. The number of ether oxygens (including phenoxy) is 1. The van der Waals surface area contributed by atoms with Crippen LogP contribution in [0.15, 0.2) is 66.7 Å². The molecule has 0 radical (unpaired) electrons. The van der Waals surface area contributed by atoms with Gasteiger partial charge in [0.05, 0.1) is 15.6 Å². The van der Waals surface area contributed by atoms with Gasteiger partial charge in [-0.15, -0.1) is 0 Å². The smallest absolute Gasteiger partial charge is 0.253 e. The first-order chi connectivity index (χ1) is 13.0. The molecule has 0 spiro atoms. The maximum Gasteiger partial charge on any atom is 0.253 e. The van der Waals surface area contributed by atoms with E-state index in [9.17, 15) is 4.79 Å². The van der Waals surface area contributed by atoms with E-state index in [1.165, 1.54) is 0 Å². The highest BCUT2D eigenvalue weighted by molar-refractivity contribution is 6.43. The molecule has 0 aliphatic carbocycles. The van der Waals surface area contributed by atoms with Gasteiger partial charge in [0.25, 0.3) is 5.91 Å². The Bertz CT molecular complexity index is 945. The number of rotatable bonds is 6. The zero-order valence-corrected chi connectivity index (χ0v) is 16.5. The molecule has 3 rings (SSSR count). The van der Waals surface area contributed by atoms with Gasteiger partial charge in [0.15, 0.2) is 0 Å². The van der Waals surface area contributed by atoms with Crippen LogP contribution in [0.5, 0.6) is 5.75 Å². The van der Waals surface area contributed by atoms with Crippen molar-refractivity contribution in [1.82, 2.24) is 5.32 Å². The maximum atomic E-state index is 12.4. The van der Waals surface area contributed by atoms with Crippen LogP contribution in [0.4, 0.5) is 0 Å². The second kappa shape index (κ2) is 9.14. The topological polar surface area (TPSA) is 38.3 Å². The van der Waals surface area contributed by atoms with E-state index in [2.05, 4.69) is 5.32 Å². The molecule has 0 aliphatic rings. The Kier molecular flexibility index (Phi) is 6.62. The van der Waals surface area contributed by atoms with Gasteiger partial charge in [0.2, 0.25) is 0 Å². The zero-order chi connectivity index (χ0) is 19.2. The first kappa shape index (κ1) is 19.6. The molecule has 3 aromatic rings. The molecular formula is C21H16Cl3NO2. The predicted octanol–water partition coefficient (Wildman–Crippen LogP) is 6.16. The Labute approximate surface area is 172 Å². The van der Waals surface area contributed by atoms with Crippen molar-refractivity contribution in [2.24, 2.45) is 0 Å². The number of benzene rings is 3. The number of carbonyl (C=O) groups is 1. The van der Waals surface area contributed by atoms with Gasteiger partial charge in [-0.05, 0) is 35.9 Å². The van der Waals surface area contributed by atoms with Gasteiger partial charge >= 0.3 is 0 Å². The summed E-state index contributed by atoms with van der Waals surface area (Å²) in [6.45, 7) is 0.663. The highest BCUT2D eigenvalue weighted by Gasteiger charge is 2.13. The highest BCUT2D eigenvalue weighted by Crippen LogP contribution is 2.26. The molecule has 1 amide bonds. The Morgan fingerprint density at radius 1 is 0.926 bits per heavy atom. The van der Waals surface area contributed by atoms with Crippen LogP contribution >= 0.6 is 34.8 Å². The number of carbonyl (C=O) groups excluding carboxylic acids is 1. The normalized spacial score (nSPS) is 10.5. The summed E-state index contributed by atoms with van der Waals surface area (Å²) < 4.78 is 5.90. The molecule has 0 atom stereocenters. The van der Waals surface area contributed by atoms with Crippen molar-refractivity contribution >= 4 is 40.7 Å². The van der Waals surface area contributed by atoms with E-state index in [1.54, 1.807) is 36.4 Å². The van der Waals surface area contributed by atoms with E-state index in [4.69, 9.17) is 39.5 Å². The van der Waals surface area contributed by atoms with Crippen molar-refractivity contribution in [3.8, 4) is 5.75 Å². The van der Waals surface area contributed by atoms with Crippen LogP contribution in [-0.4, -0.2) is 5.91 Å². The molecule has 0 heterocycles. The van der Waals surface area contributed by atoms with Crippen LogP contribution < -0.4 is 10.1 Å². The van der Waals surface area contributed by atoms with Crippen LogP contribution in [0.1, 0.15) is 21.5 Å². The fourth-order valence-electron chi connectivity index (χ4n) is 2.51. The number of hydrogen-bond acceptors (Lipinski definition) is 2. The van der Waals surface area contributed by atoms with Gasteiger partial charge in [-0.3, -0.25) is 4.79 Å². The first-order valence-electron chi connectivity index (χ1n) is 8.22. The molecular weight excluding hydrogens is 405 g/mol. The zero-order valence-electron chi connectivity index (χ0n) is 14.2. The van der Waals surface area contributed by atoms with Crippen LogP contribution in [-0.2, 0) is 13.2 Å². The van der Waals surface area contributed by atoms with E-state index in [1.807, 2.05) is 30.3 Å². The fraction of sp³-hybridized carbons (Fsp3) is 0.0952. The average molecular weight is 421 g/mol. The fourth-order valence-corrected chi connectivity index (χ4v) is 3.09. The number of hydrogen-bond donors (Lipinski definition) is 1. The first-order valence-corrected chi connectivity index (χ1v) is 9.35. The molecule has 0 saturated heterocycles. The van der Waals surface area contributed by atoms with Gasteiger partial charge in [-0.2, -0.15) is 0 Å². The molecule has 3 aromatic carbocycles. The summed E-state index contributed by atoms with van der Waals surface area (Å²) in [5.74, 6) is 0.331. The van der Waals surface area contributed by atoms with Gasteiger partial charge in [-0.1, -0.05) is 71.2 Å². The lowest BCUT2D eigenvalue weighted by Crippen LogP contribution is -2.23. The lowest BCUT2D eigenvalue weighted by Gasteiger charge is -2.13. The van der Waals surface area contributed by atoms with Crippen LogP contribution in [0.3, 0.4) is 0 Å². The molecule has 138 valence electrons. The highest BCUT2D eigenvalue weighted by atomic mass is 35.5. The predicted molar refractivity (Wildman–Crippen MR) is 110 cm³/mol. The largest absolute Gasteiger partial charge is 0.489 e. The third-order valence-electron chi connectivity index (χ3n) is 3.90. The summed E-state index contributed by atoms with van der Waals surface area (Å²) in [6, 6.07) is 20.1. The third-order valence-corrected chi connectivity index (χ3v) is 4.95. The lowest BCUT2D eigenvalue weighted by molar-refractivity contribution is 0.0950. The Morgan fingerprint density at radius 3 is 2.48 bits per heavy atom. The Hall–Kier alpha value is -2.20. The molecule has 27 heavy (non-hydrogen) atoms. The summed E-state index contributed by atoms with van der Waals surface area (Å²) >= 11 is 18.2. The van der Waals surface area contributed by atoms with Crippen molar-refractivity contribution in [1.29, 1.82) is 0 Å². The molecule has 0 bridgehead atoms. The van der Waals surface area contributed by atoms with Gasteiger partial charge < -0.3 is 10.1 Å². The molecule has 0 fully saturated rings. The second-order valence-electron chi connectivity index (χ2n) is 5.81. The van der Waals surface area contributed by atoms with Crippen LogP contribution in [0, 0.1) is 0 Å². The van der Waals surface area contributed by atoms with Gasteiger partial charge in [0, 0.05) is 17.1 Å². The molecule has 3 nitrogen and oxygen atoms in total. The van der Waals surface area contributed by atoms with Gasteiger partial charge in [-0.25, -0.2) is 0 Å². The van der Waals surface area contributed by atoms with Crippen molar-refractivity contribution in [3.63, 3.8) is 0 Å². The SMILES string of the molecule is O=C(NCc1cc(Cl)ccc1OCc1ccccc1)c1cccc(Cl)c1Cl. The minimum Gasteiger partial charge on any atom is -0.489 e. The van der Waals surface area contributed by atoms with Crippen molar-refractivity contribution in [2.45, 2.75) is 13.2 Å². The third kappa shape index (κ3) is 5.16. The average Bonchev–Trinajstić information content (AvgIpc) is 2.68. The van der Waals surface area contributed by atoms with Crippen LogP contribution in [0.2, 0.25) is 15.1 Å². The molecule has 0 unspecified atom stereocenters. The van der Waals surface area contributed by atoms with E-state index in [0.717, 1.165) is 11.1 Å². The molecule has 1 N–H and O–H groups in total. The summed E-state index contributed by atoms with van der Waals surface area (Å²) in [6.07, 6.45) is 0. The summed E-state index contributed by atoms with van der Waals surface area (Å²) in [5.41, 5.74) is 2.14. The summed E-state index contributed by atoms with van der Waals surface area (Å²) in [7, 11) is 0. The van der Waals surface area contributed by atoms with E-state index >= 15 is 0 Å². The lowest BCUT2D eigenvalue weighted by atomic mass is 10.1. The minimum absolute atomic E-state index is 0.225. The number of nitrogens with one attached hydrogen (secondary N) is 1. The van der Waals surface area contributed by atoms with Crippen molar-refractivity contribution in [3.05, 3.63) is 98.5 Å². The number of halogens is 3. The van der Waals surface area contributed by atoms with E-state index < -0.39 is 0 Å². The van der Waals surface area contributed by atoms with E-state index in [-0.39, 0.29) is 17.5 Å². The molecule has 0 saturated carbocycles. The molecule has 0 aliphatic heterocycles. The van der Waals surface area contributed by atoms with E-state index in [0.29, 0.717) is 28.0 Å². The number of amides is 1.